The third kappa shape index (κ3) is 6.04. The number of nitrogens with two attached hydrogens (primary N) is 1. The summed E-state index contributed by atoms with van der Waals surface area (Å²) in [5.74, 6) is 4.33. The van der Waals surface area contributed by atoms with E-state index in [1.54, 1.807) is 14.2 Å². The molecule has 1 unspecified atom stereocenters. The van der Waals surface area contributed by atoms with Gasteiger partial charge in [0, 0.05) is 37.7 Å². The van der Waals surface area contributed by atoms with Crippen LogP contribution in [0.15, 0.2) is 23.2 Å². The van der Waals surface area contributed by atoms with Crippen molar-refractivity contribution in [3.8, 4) is 11.5 Å². The van der Waals surface area contributed by atoms with E-state index in [9.17, 15) is 0 Å². The second kappa shape index (κ2) is 11.9. The molecule has 9 heteroatoms. The number of hydrogen-bond donors (Lipinski definition) is 1. The Bertz CT molecular complexity index is 638. The molecule has 2 saturated heterocycles. The second-order valence-corrected chi connectivity index (χ2v) is 7.80. The molecule has 0 bridgehead atoms. The van der Waals surface area contributed by atoms with Crippen molar-refractivity contribution in [1.82, 2.24) is 9.80 Å². The summed E-state index contributed by atoms with van der Waals surface area (Å²) >= 11 is 1.97. The molecule has 0 spiro atoms. The van der Waals surface area contributed by atoms with E-state index in [0.29, 0.717) is 12.5 Å². The van der Waals surface area contributed by atoms with Crippen LogP contribution in [-0.2, 0) is 4.74 Å². The zero-order chi connectivity index (χ0) is 19.1. The van der Waals surface area contributed by atoms with Crippen LogP contribution in [-0.4, -0.2) is 87.4 Å². The van der Waals surface area contributed by atoms with E-state index < -0.39 is 0 Å². The maximum absolute atomic E-state index is 6.28. The zero-order valence-corrected chi connectivity index (χ0v) is 19.8. The van der Waals surface area contributed by atoms with E-state index in [0.717, 1.165) is 68.0 Å². The Labute approximate surface area is 189 Å². The second-order valence-electron chi connectivity index (χ2n) is 6.58. The molecule has 0 aliphatic carbocycles. The molecular weight excluding hydrogens is 491 g/mol. The van der Waals surface area contributed by atoms with E-state index in [-0.39, 0.29) is 30.0 Å². The molecule has 2 N–H and O–H groups in total. The first-order valence-corrected chi connectivity index (χ1v) is 10.5. The van der Waals surface area contributed by atoms with Gasteiger partial charge in [-0.1, -0.05) is 6.07 Å². The molecule has 1 atom stereocenters. The molecule has 1 aromatic rings. The van der Waals surface area contributed by atoms with Crippen LogP contribution >= 0.6 is 35.7 Å². The van der Waals surface area contributed by atoms with E-state index >= 15 is 0 Å². The first-order valence-electron chi connectivity index (χ1n) is 9.39. The minimum Gasteiger partial charge on any atom is -0.493 e. The first kappa shape index (κ1) is 23.4. The van der Waals surface area contributed by atoms with Crippen LogP contribution in [0.25, 0.3) is 0 Å². The molecular formula is C19H31IN4O3S. The zero-order valence-electron chi connectivity index (χ0n) is 16.6. The Hall–Kier alpha value is -0.910. The van der Waals surface area contributed by atoms with Gasteiger partial charge in [-0.2, -0.15) is 11.8 Å². The van der Waals surface area contributed by atoms with E-state index in [4.69, 9.17) is 24.9 Å². The number of guanidine groups is 1. The molecule has 158 valence electrons. The van der Waals surface area contributed by atoms with Gasteiger partial charge in [0.05, 0.1) is 40.0 Å². The van der Waals surface area contributed by atoms with Gasteiger partial charge in [0.15, 0.2) is 17.5 Å². The third-order valence-electron chi connectivity index (χ3n) is 5.04. The number of aliphatic imine (C=N–C) groups is 1. The first-order chi connectivity index (χ1) is 13.2. The lowest BCUT2D eigenvalue weighted by atomic mass is 10.0. The lowest BCUT2D eigenvalue weighted by Crippen LogP contribution is -2.44. The van der Waals surface area contributed by atoms with Gasteiger partial charge in [-0.05, 0) is 17.7 Å². The molecule has 2 aliphatic heterocycles. The van der Waals surface area contributed by atoms with Crippen molar-refractivity contribution in [2.75, 3.05) is 71.7 Å². The number of halogens is 1. The number of ether oxygens (including phenoxy) is 3. The van der Waals surface area contributed by atoms with Gasteiger partial charge in [0.25, 0.3) is 0 Å². The summed E-state index contributed by atoms with van der Waals surface area (Å²) in [6, 6.07) is 6.22. The average molecular weight is 522 g/mol. The van der Waals surface area contributed by atoms with E-state index in [1.165, 1.54) is 0 Å². The van der Waals surface area contributed by atoms with Gasteiger partial charge in [-0.15, -0.1) is 24.0 Å². The Kier molecular flexibility index (Phi) is 9.96. The average Bonchev–Trinajstić information content (AvgIpc) is 2.75. The van der Waals surface area contributed by atoms with E-state index in [1.807, 2.05) is 23.9 Å². The molecule has 7 nitrogen and oxygen atoms in total. The minimum atomic E-state index is 0. The van der Waals surface area contributed by atoms with Crippen molar-refractivity contribution in [2.24, 2.45) is 10.7 Å². The summed E-state index contributed by atoms with van der Waals surface area (Å²) < 4.78 is 16.4. The van der Waals surface area contributed by atoms with Crippen molar-refractivity contribution in [1.29, 1.82) is 0 Å². The molecule has 2 heterocycles. The lowest BCUT2D eigenvalue weighted by molar-refractivity contribution is 0.0179. The molecule has 0 saturated carbocycles. The van der Waals surface area contributed by atoms with Crippen molar-refractivity contribution < 1.29 is 14.2 Å². The van der Waals surface area contributed by atoms with Crippen LogP contribution in [0.1, 0.15) is 11.6 Å². The van der Waals surface area contributed by atoms with Gasteiger partial charge >= 0.3 is 0 Å². The number of morpholine rings is 1. The van der Waals surface area contributed by atoms with Crippen LogP contribution in [0.4, 0.5) is 0 Å². The number of methoxy groups -OCH3 is 2. The highest BCUT2D eigenvalue weighted by Gasteiger charge is 2.24. The van der Waals surface area contributed by atoms with Crippen LogP contribution in [0.5, 0.6) is 11.5 Å². The molecule has 0 amide bonds. The number of hydrogen-bond acceptors (Lipinski definition) is 6. The van der Waals surface area contributed by atoms with Gasteiger partial charge < -0.3 is 24.8 Å². The Morgan fingerprint density at radius 2 is 1.82 bits per heavy atom. The summed E-state index contributed by atoms with van der Waals surface area (Å²) in [5.41, 5.74) is 7.44. The molecule has 0 radical (unpaired) electrons. The van der Waals surface area contributed by atoms with Gasteiger partial charge in [0.1, 0.15) is 0 Å². The highest BCUT2D eigenvalue weighted by molar-refractivity contribution is 14.0. The summed E-state index contributed by atoms with van der Waals surface area (Å²) in [4.78, 5) is 9.35. The van der Waals surface area contributed by atoms with Crippen LogP contribution in [0, 0.1) is 0 Å². The third-order valence-corrected chi connectivity index (χ3v) is 5.98. The topological polar surface area (TPSA) is 72.6 Å². The predicted octanol–water partition coefficient (Wildman–Crippen LogP) is 2.06. The maximum atomic E-state index is 6.28. The highest BCUT2D eigenvalue weighted by atomic mass is 127. The smallest absolute Gasteiger partial charge is 0.191 e. The maximum Gasteiger partial charge on any atom is 0.191 e. The number of rotatable bonds is 6. The molecule has 2 fully saturated rings. The van der Waals surface area contributed by atoms with Gasteiger partial charge in [-0.3, -0.25) is 9.89 Å². The fourth-order valence-electron chi connectivity index (χ4n) is 3.45. The minimum absolute atomic E-state index is 0. The predicted molar refractivity (Wildman–Crippen MR) is 125 cm³/mol. The van der Waals surface area contributed by atoms with Gasteiger partial charge in [0.2, 0.25) is 0 Å². The van der Waals surface area contributed by atoms with Crippen molar-refractivity contribution in [3.63, 3.8) is 0 Å². The molecule has 3 rings (SSSR count). The van der Waals surface area contributed by atoms with Crippen molar-refractivity contribution >= 4 is 41.7 Å². The summed E-state index contributed by atoms with van der Waals surface area (Å²) in [6.07, 6.45) is 0. The summed E-state index contributed by atoms with van der Waals surface area (Å²) in [7, 11) is 3.31. The monoisotopic (exact) mass is 522 g/mol. The van der Waals surface area contributed by atoms with Gasteiger partial charge in [-0.25, -0.2) is 0 Å². The summed E-state index contributed by atoms with van der Waals surface area (Å²) in [5, 5.41) is 0. The van der Waals surface area contributed by atoms with E-state index in [2.05, 4.69) is 15.9 Å². The quantitative estimate of drug-likeness (QED) is 0.349. The summed E-state index contributed by atoms with van der Waals surface area (Å²) in [6.45, 7) is 5.81. The van der Waals surface area contributed by atoms with Crippen LogP contribution < -0.4 is 15.2 Å². The van der Waals surface area contributed by atoms with Crippen molar-refractivity contribution in [2.45, 2.75) is 6.04 Å². The largest absolute Gasteiger partial charge is 0.493 e. The number of nitrogens with zero attached hydrogens (tertiary/aromatic N) is 3. The normalized spacial score (nSPS) is 19.6. The standard InChI is InChI=1S/C19H30N4O3S.HI/c1-24-17-4-3-15(13-18(17)25-2)16(22-5-9-26-10-6-22)14-21-19(20)23-7-11-27-12-8-23;/h3-4,13,16H,5-12,14H2,1-2H3,(H2,20,21);1H. The Morgan fingerprint density at radius 1 is 1.14 bits per heavy atom. The highest BCUT2D eigenvalue weighted by Crippen LogP contribution is 2.32. The SMILES string of the molecule is COc1ccc(C(CN=C(N)N2CCSCC2)N2CCOCC2)cc1OC.I. The molecule has 0 aromatic heterocycles. The van der Waals surface area contributed by atoms with Crippen LogP contribution in [0.2, 0.25) is 0 Å². The molecule has 1 aromatic carbocycles. The van der Waals surface area contributed by atoms with Crippen molar-refractivity contribution in [3.05, 3.63) is 23.8 Å². The Morgan fingerprint density at radius 3 is 2.46 bits per heavy atom. The Balaban J connectivity index is 0.00000280. The fraction of sp³-hybridized carbons (Fsp3) is 0.632. The van der Waals surface area contributed by atoms with Crippen LogP contribution in [0.3, 0.4) is 0 Å². The number of thioether (sulfide) groups is 1. The molecule has 2 aliphatic rings. The fourth-order valence-corrected chi connectivity index (χ4v) is 4.36. The number of benzene rings is 1. The lowest BCUT2D eigenvalue weighted by Gasteiger charge is -2.34. The molecule has 28 heavy (non-hydrogen) atoms.